The van der Waals surface area contributed by atoms with E-state index in [2.05, 4.69) is 9.97 Å². The second-order valence-corrected chi connectivity index (χ2v) is 30.2. The minimum atomic E-state index is -1.01. The lowest BCUT2D eigenvalue weighted by Gasteiger charge is -2.15. The summed E-state index contributed by atoms with van der Waals surface area (Å²) in [5.41, 5.74) is -10.4. The average molecular weight is 1690 g/mol. The molecule has 4 nitrogen and oxygen atoms in total. The fourth-order valence-corrected chi connectivity index (χ4v) is 18.5. The zero-order valence-corrected chi connectivity index (χ0v) is 65.2. The summed E-state index contributed by atoms with van der Waals surface area (Å²) in [5.74, 6) is 0. The van der Waals surface area contributed by atoms with Crippen LogP contribution in [0.25, 0.3) is 261 Å². The molecule has 20 aromatic carbocycles. The van der Waals surface area contributed by atoms with Gasteiger partial charge in [0.05, 0.1) is 116 Å². The van der Waals surface area contributed by atoms with E-state index < -0.39 is 498 Å². The van der Waals surface area contributed by atoms with Crippen molar-refractivity contribution in [2.75, 3.05) is 0 Å². The van der Waals surface area contributed by atoms with Crippen molar-refractivity contribution < 1.29 is 82.2 Å². The fourth-order valence-electron chi connectivity index (χ4n) is 16.0. The quantitative estimate of drug-likeness (QED) is 0.114. The number of rotatable bonds is 12. The van der Waals surface area contributed by atoms with E-state index in [1.807, 2.05) is 0 Å². The van der Waals surface area contributed by atoms with Gasteiger partial charge >= 0.3 is 0 Å². The Labute approximate surface area is 819 Å². The van der Waals surface area contributed by atoms with Crippen LogP contribution < -0.4 is 0 Å². The van der Waals surface area contributed by atoms with E-state index in [0.717, 1.165) is 0 Å². The first-order chi connectivity index (χ1) is 87.5. The van der Waals surface area contributed by atoms with Crippen molar-refractivity contribution in [1.29, 1.82) is 0 Å². The Balaban J connectivity index is 0.000000182. The SMILES string of the molecule is [2H]c1nc2c(c([2H])c1[2H])c([2H])c([2H])c1c([2H])c([2H])c(-c3ccc(-c4c([2H])c([2H])c(-c5sc(-c6c([2H])c([2H])c7c([2H])c([2H])c8c([2H])c([2H])c([2H])c9c([2H])c([2H])c6c7c89)c(-c6c([2H])c([2H])c([2H])c([2H])c6[2H])c5-c5c([2H])c([2H])c([2H])c([2H])c5[2H])c([2H])c4[2H])c4ccccc34)nc12.[2H]c1nc2c(c([2H])c1[2H])c([2H])c([2H])c1c([2H])c([2H])c(-c3ccc(-c4c([2H])c([2H])c([2H])c(-c5sc(-c6c([2H])c([2H])c7c([2H])c([2H])c8c([2H])c([2H])c([2H])c9c([2H])c([2H])c6c7c89)c(-c6c([2H])c([2H])c([2H])c([2H])c6[2H])c5-c5c([2H])c([2H])c([2H])c([2H])c5[2H])c4[2H])c4ccccc34)nc12. The summed E-state index contributed by atoms with van der Waals surface area (Å²) in [6.45, 7) is 0. The fraction of sp³-hybridized carbons (Fsp3) is 0. The van der Waals surface area contributed by atoms with E-state index >= 15 is 0 Å². The van der Waals surface area contributed by atoms with Crippen molar-refractivity contribution in [2.24, 2.45) is 0 Å². The normalized spacial score (nSPS) is 18.5. The molecule has 6 heterocycles. The third kappa shape index (κ3) is 12.1. The van der Waals surface area contributed by atoms with Crippen molar-refractivity contribution in [1.82, 2.24) is 19.9 Å². The highest BCUT2D eigenvalue weighted by Crippen LogP contribution is 2.57. The minimum Gasteiger partial charge on any atom is -0.254 e. The average Bonchev–Trinajstić information content (AvgIpc) is 1.07. The molecule has 0 unspecified atom stereocenters. The van der Waals surface area contributed by atoms with E-state index in [0.29, 0.717) is 22.7 Å². The van der Waals surface area contributed by atoms with Crippen LogP contribution in [-0.4, -0.2) is 19.9 Å². The summed E-state index contributed by atoms with van der Waals surface area (Å²) in [5, 5.41) is -5.51. The lowest BCUT2D eigenvalue weighted by atomic mass is 9.88. The highest BCUT2D eigenvalue weighted by molar-refractivity contribution is 7.20. The van der Waals surface area contributed by atoms with Gasteiger partial charge in [0.1, 0.15) is 0 Å². The Kier molecular flexibility index (Phi) is 8.27. The van der Waals surface area contributed by atoms with Crippen LogP contribution in [0.2, 0.25) is 0 Å². The third-order valence-corrected chi connectivity index (χ3v) is 23.8. The minimum absolute atomic E-state index is 0.0207. The standard InChI is InChI=1S/2C60H36N2S/c1-3-12-37(13-4-1)55-56(38-14-5-2-6-15-38)60(51-31-28-41-24-23-39-16-9-17-40-27-30-50(51)54(41)53(39)40)63-59(55)45-19-10-18-44(36-45)46-32-33-49(48-22-8-7-21-47(46)48)52-34-29-43-26-25-42-20-11-35-61-57(42)58(43)62-52;1-3-11-38(12-4-1)55-56(39-13-5-2-6-14-39)60(51-32-29-42-23-22-40-15-9-16-41-28-31-50(51)54(42)53(40)41)63-59(55)45-26-20-37(21-27-45)46-33-34-49(48-19-8-7-18-47(46)48)52-35-30-44-25-24-43-17-10-36-61-57(43)58(44)62-52/h2*1-36H/i1D,2D,3D,4D,5D,6D,9D,10D,11D,12D,13D,14D,15D,16D,17D,18D,19D,20D,23D,24D,25D,26D,27D,28D,29D,30D,31D,34D,35D,36D;1D,2D,3D,4D,5D,6D,9D,10D,11D,12D,13D,14D,15D,16D,17D,20D,21D,22D,23D,24D,25D,26D,27D,28D,29D,30D,31D,32D,35D,36D. The van der Waals surface area contributed by atoms with Crippen LogP contribution in [0, 0.1) is 0 Å². The molecule has 0 N–H and O–H groups in total. The van der Waals surface area contributed by atoms with Crippen LogP contribution in [-0.2, 0) is 0 Å². The predicted octanol–water partition coefficient (Wildman–Crippen LogP) is 33.8. The van der Waals surface area contributed by atoms with Gasteiger partial charge in [-0.1, -0.05) is 393 Å². The molecule has 0 aliphatic heterocycles. The van der Waals surface area contributed by atoms with Crippen LogP contribution >= 0.6 is 22.7 Å². The molecule has 6 aromatic heterocycles. The van der Waals surface area contributed by atoms with Crippen LogP contribution in [0.5, 0.6) is 0 Å². The van der Waals surface area contributed by atoms with Gasteiger partial charge in [0.25, 0.3) is 0 Å². The first kappa shape index (κ1) is 34.7. The second-order valence-electron chi connectivity index (χ2n) is 28.2. The molecule has 0 bridgehead atoms. The van der Waals surface area contributed by atoms with Crippen molar-refractivity contribution >= 4 is 152 Å². The van der Waals surface area contributed by atoms with Gasteiger partial charge in [0, 0.05) is 97.9 Å². The Morgan fingerprint density at radius 3 is 0.937 bits per heavy atom. The Morgan fingerprint density at radius 2 is 0.500 bits per heavy atom. The number of pyridine rings is 4. The van der Waals surface area contributed by atoms with Crippen molar-refractivity contribution in [3.63, 3.8) is 0 Å². The van der Waals surface area contributed by atoms with Crippen LogP contribution in [0.1, 0.15) is 82.2 Å². The lowest BCUT2D eigenvalue weighted by Crippen LogP contribution is -1.91. The summed E-state index contributed by atoms with van der Waals surface area (Å²) in [7, 11) is 0. The number of hydrogen-bond acceptors (Lipinski definition) is 6. The molecule has 0 aliphatic rings. The molecule has 0 saturated carbocycles. The van der Waals surface area contributed by atoms with Gasteiger partial charge in [-0.3, -0.25) is 9.97 Å². The molecule has 0 radical (unpaired) electrons. The van der Waals surface area contributed by atoms with Gasteiger partial charge in [-0.05, 0) is 172 Å². The monoisotopic (exact) mass is 1690 g/mol. The Bertz CT molecular complexity index is 12600. The molecular formula is C120H72N4S2. The topological polar surface area (TPSA) is 51.6 Å². The van der Waals surface area contributed by atoms with Crippen LogP contribution in [0.15, 0.2) is 436 Å². The molecule has 0 amide bonds. The maximum absolute atomic E-state index is 10.3. The van der Waals surface area contributed by atoms with Gasteiger partial charge in [0.15, 0.2) is 0 Å². The lowest BCUT2D eigenvalue weighted by molar-refractivity contribution is 1.37. The first-order valence-corrected chi connectivity index (χ1v) is 39.7. The molecule has 0 aliphatic carbocycles. The van der Waals surface area contributed by atoms with Gasteiger partial charge in [-0.25, -0.2) is 9.97 Å². The van der Waals surface area contributed by atoms with Gasteiger partial charge in [-0.2, -0.15) is 0 Å². The molecule has 0 saturated heterocycles. The van der Waals surface area contributed by atoms with Gasteiger partial charge in [-0.15, -0.1) is 22.7 Å². The van der Waals surface area contributed by atoms with Gasteiger partial charge in [0.2, 0.25) is 0 Å². The molecule has 0 atom stereocenters. The van der Waals surface area contributed by atoms with E-state index in [4.69, 9.17) is 52.5 Å². The number of benzene rings is 20. The largest absolute Gasteiger partial charge is 0.254 e. The number of hydrogen-bond donors (Lipinski definition) is 0. The summed E-state index contributed by atoms with van der Waals surface area (Å²) >= 11 is 0.766. The Hall–Kier alpha value is -16.0. The van der Waals surface area contributed by atoms with E-state index in [9.17, 15) is 39.8 Å². The molecule has 0 fully saturated rings. The summed E-state index contributed by atoms with van der Waals surface area (Å²) in [6.07, 6.45) is -1.31. The van der Waals surface area contributed by atoms with Gasteiger partial charge < -0.3 is 0 Å². The van der Waals surface area contributed by atoms with Crippen molar-refractivity contribution in [2.45, 2.75) is 0 Å². The summed E-state index contributed by atoms with van der Waals surface area (Å²) < 4.78 is 550. The van der Waals surface area contributed by atoms with Crippen LogP contribution in [0.3, 0.4) is 0 Å². The Morgan fingerprint density at radius 1 is 0.190 bits per heavy atom. The second kappa shape index (κ2) is 30.0. The van der Waals surface area contributed by atoms with Crippen molar-refractivity contribution in [3.05, 3.63) is 436 Å². The summed E-state index contributed by atoms with van der Waals surface area (Å²) in [4.78, 5) is 15.5. The van der Waals surface area contributed by atoms with Crippen LogP contribution in [0.4, 0.5) is 0 Å². The van der Waals surface area contributed by atoms with E-state index in [-0.39, 0.29) is 126 Å². The van der Waals surface area contributed by atoms with E-state index in [1.165, 1.54) is 30.3 Å². The summed E-state index contributed by atoms with van der Waals surface area (Å²) in [6, 6.07) is -29.8. The molecule has 0 spiro atoms. The van der Waals surface area contributed by atoms with Crippen molar-refractivity contribution in [3.8, 4) is 131 Å². The predicted molar refractivity (Wildman–Crippen MR) is 537 cm³/mol. The molecule has 584 valence electrons. The number of aromatic nitrogens is 4. The molecular weight excluding hydrogens is 1560 g/mol. The first-order valence-electron chi connectivity index (χ1n) is 68.1. The third-order valence-electron chi connectivity index (χ3n) is 21.4. The molecule has 6 heteroatoms. The number of fused-ring (bicyclic) bond motifs is 8. The smallest absolute Gasteiger partial charge is 0.0972 e. The number of thiophene rings is 2. The number of nitrogens with zero attached hydrogens (tertiary/aromatic N) is 4. The maximum atomic E-state index is 10.3. The zero-order chi connectivity index (χ0) is 135. The highest BCUT2D eigenvalue weighted by Gasteiger charge is 2.29. The molecule has 126 heavy (non-hydrogen) atoms. The highest BCUT2D eigenvalue weighted by atomic mass is 32.1. The zero-order valence-electron chi connectivity index (χ0n) is 124. The van der Waals surface area contributed by atoms with E-state index in [1.54, 1.807) is 42.5 Å². The maximum Gasteiger partial charge on any atom is 0.0972 e. The molecule has 26 rings (SSSR count). The molecule has 26 aromatic rings.